The molecule has 1 aliphatic heterocycles. The molecule has 96 valence electrons. The minimum Gasteiger partial charge on any atom is -0.488 e. The standard InChI is InChI=1S/C13H16N2O3/c1-8-5-13(17)15(2)10-6-9(11(16)7-14)3-4-12(10)18-8/h3-4,6,8H,5,7,14H2,1-2H3. The summed E-state index contributed by atoms with van der Waals surface area (Å²) in [6.45, 7) is 1.80. The van der Waals surface area contributed by atoms with E-state index in [4.69, 9.17) is 10.5 Å². The lowest BCUT2D eigenvalue weighted by molar-refractivity contribution is -0.119. The van der Waals surface area contributed by atoms with E-state index in [0.29, 0.717) is 23.4 Å². The molecular weight excluding hydrogens is 232 g/mol. The zero-order valence-corrected chi connectivity index (χ0v) is 10.5. The second-order valence-electron chi connectivity index (χ2n) is 4.40. The van der Waals surface area contributed by atoms with Crippen molar-refractivity contribution in [2.45, 2.75) is 19.4 Å². The molecule has 5 nitrogen and oxygen atoms in total. The highest BCUT2D eigenvalue weighted by molar-refractivity contribution is 6.01. The molecule has 0 saturated carbocycles. The highest BCUT2D eigenvalue weighted by atomic mass is 16.5. The third-order valence-corrected chi connectivity index (χ3v) is 2.99. The van der Waals surface area contributed by atoms with Crippen molar-refractivity contribution >= 4 is 17.4 Å². The molecular formula is C13H16N2O3. The number of carbonyl (C=O) groups excluding carboxylic acids is 2. The van der Waals surface area contributed by atoms with Gasteiger partial charge in [0.05, 0.1) is 18.7 Å². The van der Waals surface area contributed by atoms with E-state index < -0.39 is 0 Å². The Morgan fingerprint density at radius 3 is 2.94 bits per heavy atom. The van der Waals surface area contributed by atoms with Gasteiger partial charge in [-0.2, -0.15) is 0 Å². The second kappa shape index (κ2) is 4.78. The number of hydrogen-bond acceptors (Lipinski definition) is 4. The van der Waals surface area contributed by atoms with Gasteiger partial charge in [0, 0.05) is 12.6 Å². The summed E-state index contributed by atoms with van der Waals surface area (Å²) in [5.41, 5.74) is 6.44. The summed E-state index contributed by atoms with van der Waals surface area (Å²) in [4.78, 5) is 25.0. The van der Waals surface area contributed by atoms with E-state index in [1.165, 1.54) is 4.90 Å². The highest BCUT2D eigenvalue weighted by Crippen LogP contribution is 2.33. The zero-order chi connectivity index (χ0) is 13.3. The number of ketones is 1. The molecule has 0 aliphatic carbocycles. The van der Waals surface area contributed by atoms with Crippen molar-refractivity contribution in [2.24, 2.45) is 5.73 Å². The van der Waals surface area contributed by atoms with E-state index >= 15 is 0 Å². The molecule has 1 amide bonds. The Hall–Kier alpha value is -1.88. The Kier molecular flexibility index (Phi) is 3.34. The van der Waals surface area contributed by atoms with E-state index in [9.17, 15) is 9.59 Å². The van der Waals surface area contributed by atoms with Crippen LogP contribution in [0.3, 0.4) is 0 Å². The van der Waals surface area contributed by atoms with E-state index in [0.717, 1.165) is 0 Å². The van der Waals surface area contributed by atoms with Crippen molar-refractivity contribution in [3.8, 4) is 5.75 Å². The lowest BCUT2D eigenvalue weighted by Crippen LogP contribution is -2.27. The van der Waals surface area contributed by atoms with Crippen molar-refractivity contribution in [3.05, 3.63) is 23.8 Å². The third kappa shape index (κ3) is 2.22. The Labute approximate surface area is 106 Å². The average molecular weight is 248 g/mol. The molecule has 0 bridgehead atoms. The molecule has 0 radical (unpaired) electrons. The van der Waals surface area contributed by atoms with Crippen LogP contribution in [0.4, 0.5) is 5.69 Å². The number of carbonyl (C=O) groups is 2. The van der Waals surface area contributed by atoms with Gasteiger partial charge < -0.3 is 15.4 Å². The lowest BCUT2D eigenvalue weighted by atomic mass is 10.1. The van der Waals surface area contributed by atoms with Gasteiger partial charge >= 0.3 is 0 Å². The highest BCUT2D eigenvalue weighted by Gasteiger charge is 2.24. The summed E-state index contributed by atoms with van der Waals surface area (Å²) in [6.07, 6.45) is 0.156. The molecule has 18 heavy (non-hydrogen) atoms. The summed E-state index contributed by atoms with van der Waals surface area (Å²) in [7, 11) is 1.68. The van der Waals surface area contributed by atoms with Crippen LogP contribution in [-0.2, 0) is 4.79 Å². The average Bonchev–Trinajstić information content (AvgIpc) is 2.46. The largest absolute Gasteiger partial charge is 0.488 e. The molecule has 0 saturated heterocycles. The predicted molar refractivity (Wildman–Crippen MR) is 67.9 cm³/mol. The zero-order valence-electron chi connectivity index (χ0n) is 10.5. The molecule has 1 aromatic carbocycles. The number of hydrogen-bond donors (Lipinski definition) is 1. The molecule has 5 heteroatoms. The van der Waals surface area contributed by atoms with Gasteiger partial charge in [-0.15, -0.1) is 0 Å². The van der Waals surface area contributed by atoms with Gasteiger partial charge in [-0.25, -0.2) is 0 Å². The summed E-state index contributed by atoms with van der Waals surface area (Å²) in [5.74, 6) is 0.430. The SMILES string of the molecule is CC1CC(=O)N(C)c2cc(C(=O)CN)ccc2O1. The van der Waals surface area contributed by atoms with Crippen LogP contribution in [0.2, 0.25) is 0 Å². The number of fused-ring (bicyclic) bond motifs is 1. The van der Waals surface area contributed by atoms with Gasteiger partial charge in [-0.3, -0.25) is 9.59 Å². The Balaban J connectivity index is 2.47. The van der Waals surface area contributed by atoms with Crippen LogP contribution < -0.4 is 15.4 Å². The number of benzene rings is 1. The topological polar surface area (TPSA) is 72.6 Å². The first kappa shape index (κ1) is 12.6. The van der Waals surface area contributed by atoms with Gasteiger partial charge in [0.25, 0.3) is 0 Å². The third-order valence-electron chi connectivity index (χ3n) is 2.99. The number of nitrogens with zero attached hydrogens (tertiary/aromatic N) is 1. The fourth-order valence-electron chi connectivity index (χ4n) is 1.95. The maximum absolute atomic E-state index is 11.9. The fourth-order valence-corrected chi connectivity index (χ4v) is 1.95. The summed E-state index contributed by atoms with van der Waals surface area (Å²) < 4.78 is 5.66. The van der Waals surface area contributed by atoms with E-state index in [1.807, 2.05) is 6.92 Å². The van der Waals surface area contributed by atoms with Crippen LogP contribution >= 0.6 is 0 Å². The van der Waals surface area contributed by atoms with Gasteiger partial charge in [0.1, 0.15) is 11.9 Å². The number of amides is 1. The molecule has 2 rings (SSSR count). The molecule has 0 aromatic heterocycles. The Morgan fingerprint density at radius 1 is 1.56 bits per heavy atom. The maximum Gasteiger partial charge on any atom is 0.230 e. The lowest BCUT2D eigenvalue weighted by Gasteiger charge is -2.17. The van der Waals surface area contributed by atoms with Crippen LogP contribution in [0.5, 0.6) is 5.75 Å². The number of ether oxygens (including phenoxy) is 1. The van der Waals surface area contributed by atoms with Gasteiger partial charge in [-0.1, -0.05) is 0 Å². The first-order valence-corrected chi connectivity index (χ1v) is 5.83. The first-order valence-electron chi connectivity index (χ1n) is 5.83. The monoisotopic (exact) mass is 248 g/mol. The normalized spacial score (nSPS) is 18.9. The minimum atomic E-state index is -0.169. The number of nitrogens with two attached hydrogens (primary N) is 1. The van der Waals surface area contributed by atoms with Gasteiger partial charge in [0.2, 0.25) is 5.91 Å². The molecule has 2 N–H and O–H groups in total. The Bertz CT molecular complexity index is 499. The van der Waals surface area contributed by atoms with Crippen LogP contribution in [0.15, 0.2) is 18.2 Å². The van der Waals surface area contributed by atoms with Crippen molar-refractivity contribution in [2.75, 3.05) is 18.5 Å². The fraction of sp³-hybridized carbons (Fsp3) is 0.385. The number of anilines is 1. The molecule has 1 aliphatic rings. The van der Waals surface area contributed by atoms with Crippen molar-refractivity contribution in [1.29, 1.82) is 0 Å². The summed E-state index contributed by atoms with van der Waals surface area (Å²) >= 11 is 0. The van der Waals surface area contributed by atoms with E-state index in [1.54, 1.807) is 25.2 Å². The molecule has 0 fully saturated rings. The number of Topliss-reactive ketones (excluding diaryl/α,β-unsaturated/α-hetero) is 1. The van der Waals surface area contributed by atoms with E-state index in [2.05, 4.69) is 0 Å². The van der Waals surface area contributed by atoms with Crippen molar-refractivity contribution in [1.82, 2.24) is 0 Å². The molecule has 1 heterocycles. The van der Waals surface area contributed by atoms with Crippen LogP contribution in [0.1, 0.15) is 23.7 Å². The van der Waals surface area contributed by atoms with Gasteiger partial charge in [0.15, 0.2) is 5.78 Å². The van der Waals surface area contributed by atoms with Crippen LogP contribution in [0, 0.1) is 0 Å². The van der Waals surface area contributed by atoms with Crippen molar-refractivity contribution in [3.63, 3.8) is 0 Å². The predicted octanol–water partition coefficient (Wildman–Crippen LogP) is 0.962. The quantitative estimate of drug-likeness (QED) is 0.791. The molecule has 0 spiro atoms. The Morgan fingerprint density at radius 2 is 2.28 bits per heavy atom. The summed E-state index contributed by atoms with van der Waals surface area (Å²) in [6, 6.07) is 5.04. The van der Waals surface area contributed by atoms with Gasteiger partial charge in [-0.05, 0) is 25.1 Å². The maximum atomic E-state index is 11.9. The smallest absolute Gasteiger partial charge is 0.230 e. The van der Waals surface area contributed by atoms with Crippen LogP contribution in [0.25, 0.3) is 0 Å². The summed E-state index contributed by atoms with van der Waals surface area (Å²) in [5, 5.41) is 0. The van der Waals surface area contributed by atoms with E-state index in [-0.39, 0.29) is 24.3 Å². The first-order chi connectivity index (χ1) is 8.52. The second-order valence-corrected chi connectivity index (χ2v) is 4.40. The molecule has 1 aromatic rings. The van der Waals surface area contributed by atoms with Crippen molar-refractivity contribution < 1.29 is 14.3 Å². The molecule has 1 atom stereocenters. The number of rotatable bonds is 2. The molecule has 1 unspecified atom stereocenters. The van der Waals surface area contributed by atoms with Crippen LogP contribution in [-0.4, -0.2) is 31.4 Å². The minimum absolute atomic E-state index is 0.0291.